The van der Waals surface area contributed by atoms with E-state index in [9.17, 15) is 0 Å². The van der Waals surface area contributed by atoms with Crippen molar-refractivity contribution in [2.24, 2.45) is 0 Å². The number of nitrogens with one attached hydrogen (secondary N) is 2. The van der Waals surface area contributed by atoms with E-state index in [4.69, 9.17) is 14.7 Å². The lowest BCUT2D eigenvalue weighted by Gasteiger charge is -2.28. The van der Waals surface area contributed by atoms with Gasteiger partial charge >= 0.3 is 0 Å². The Labute approximate surface area is 181 Å². The van der Waals surface area contributed by atoms with Crippen molar-refractivity contribution in [3.8, 4) is 11.4 Å². The van der Waals surface area contributed by atoms with Crippen molar-refractivity contribution in [1.29, 1.82) is 0 Å². The van der Waals surface area contributed by atoms with E-state index in [0.717, 1.165) is 62.2 Å². The molecule has 7 nitrogen and oxygen atoms in total. The first kappa shape index (κ1) is 20.4. The van der Waals surface area contributed by atoms with Gasteiger partial charge in [0, 0.05) is 55.6 Å². The highest BCUT2D eigenvalue weighted by atomic mass is 32.2. The highest BCUT2D eigenvalue weighted by molar-refractivity contribution is 7.99. The summed E-state index contributed by atoms with van der Waals surface area (Å²) in [6.45, 7) is 3.88. The highest BCUT2D eigenvalue weighted by Gasteiger charge is 2.16. The second kappa shape index (κ2) is 10.3. The Kier molecular flexibility index (Phi) is 6.99. The van der Waals surface area contributed by atoms with Crippen molar-refractivity contribution in [2.45, 2.75) is 6.42 Å². The van der Waals surface area contributed by atoms with Crippen molar-refractivity contribution >= 4 is 29.3 Å². The maximum atomic E-state index is 5.51. The number of anilines is 3. The Bertz CT molecular complexity index is 949. The fourth-order valence-electron chi connectivity index (χ4n) is 3.33. The van der Waals surface area contributed by atoms with Crippen molar-refractivity contribution in [1.82, 2.24) is 15.0 Å². The molecule has 1 fully saturated rings. The summed E-state index contributed by atoms with van der Waals surface area (Å²) >= 11 is 1.57. The molecule has 156 valence electrons. The monoisotopic (exact) mass is 422 g/mol. The van der Waals surface area contributed by atoms with Crippen LogP contribution in [0.2, 0.25) is 0 Å². The van der Waals surface area contributed by atoms with Crippen LogP contribution in [0.15, 0.2) is 54.9 Å². The molecule has 0 unspecified atom stereocenters. The lowest BCUT2D eigenvalue weighted by atomic mass is 10.2. The first-order valence-corrected chi connectivity index (χ1v) is 11.3. The number of rotatable bonds is 8. The summed E-state index contributed by atoms with van der Waals surface area (Å²) in [5, 5.41) is 3.47. The second-order valence-electron chi connectivity index (χ2n) is 6.96. The van der Waals surface area contributed by atoms with E-state index < -0.39 is 0 Å². The van der Waals surface area contributed by atoms with Gasteiger partial charge in [0.15, 0.2) is 5.82 Å². The maximum absolute atomic E-state index is 5.51. The number of ether oxygens (including phenoxy) is 1. The summed E-state index contributed by atoms with van der Waals surface area (Å²) < 4.78 is 8.78. The molecule has 0 amide bonds. The summed E-state index contributed by atoms with van der Waals surface area (Å²) in [6.07, 6.45) is 6.58. The molecule has 3 heterocycles. The van der Waals surface area contributed by atoms with E-state index in [0.29, 0.717) is 5.82 Å². The van der Waals surface area contributed by atoms with Gasteiger partial charge in [-0.15, -0.1) is 0 Å². The van der Waals surface area contributed by atoms with Gasteiger partial charge in [-0.1, -0.05) is 30.1 Å². The third-order valence-electron chi connectivity index (χ3n) is 4.83. The molecule has 3 aromatic rings. The largest absolute Gasteiger partial charge is 0.378 e. The van der Waals surface area contributed by atoms with Crippen LogP contribution in [-0.2, 0) is 11.2 Å². The molecule has 30 heavy (non-hydrogen) atoms. The molecule has 2 N–H and O–H groups in total. The van der Waals surface area contributed by atoms with Crippen LogP contribution >= 0.6 is 11.9 Å². The summed E-state index contributed by atoms with van der Waals surface area (Å²) in [4.78, 5) is 16.1. The van der Waals surface area contributed by atoms with Crippen LogP contribution in [0.4, 0.5) is 17.3 Å². The number of hydrogen-bond donors (Lipinski definition) is 2. The van der Waals surface area contributed by atoms with Crippen LogP contribution < -0.4 is 14.9 Å². The van der Waals surface area contributed by atoms with Crippen molar-refractivity contribution in [3.63, 3.8) is 0 Å². The van der Waals surface area contributed by atoms with Gasteiger partial charge in [0.05, 0.1) is 13.2 Å². The fourth-order valence-corrected chi connectivity index (χ4v) is 3.69. The van der Waals surface area contributed by atoms with Crippen molar-refractivity contribution in [3.05, 3.63) is 60.4 Å². The predicted octanol–water partition coefficient (Wildman–Crippen LogP) is 3.72. The zero-order chi connectivity index (χ0) is 20.6. The molecule has 0 atom stereocenters. The van der Waals surface area contributed by atoms with Gasteiger partial charge in [-0.3, -0.25) is 4.98 Å². The zero-order valence-corrected chi connectivity index (χ0v) is 17.9. The first-order chi connectivity index (χ1) is 14.8. The van der Waals surface area contributed by atoms with Gasteiger partial charge in [0.1, 0.15) is 11.6 Å². The number of aromatic nitrogens is 3. The SMILES string of the molecule is CSNc1cccc(-c2nc(NCCc3cccnc3)cc(N3CCOCC3)n2)c1. The van der Waals surface area contributed by atoms with Crippen LogP contribution in [0.25, 0.3) is 11.4 Å². The molecule has 2 aromatic heterocycles. The Morgan fingerprint density at radius 3 is 2.80 bits per heavy atom. The van der Waals surface area contributed by atoms with Crippen LogP contribution in [0.5, 0.6) is 0 Å². The maximum Gasteiger partial charge on any atom is 0.163 e. The van der Waals surface area contributed by atoms with Crippen LogP contribution in [0.1, 0.15) is 5.56 Å². The Morgan fingerprint density at radius 2 is 2.00 bits per heavy atom. The third-order valence-corrected chi connectivity index (χ3v) is 5.27. The Morgan fingerprint density at radius 1 is 1.10 bits per heavy atom. The minimum absolute atomic E-state index is 0.715. The van der Waals surface area contributed by atoms with E-state index >= 15 is 0 Å². The molecule has 0 radical (unpaired) electrons. The highest BCUT2D eigenvalue weighted by Crippen LogP contribution is 2.26. The molecular weight excluding hydrogens is 396 g/mol. The number of pyridine rings is 1. The fraction of sp³-hybridized carbons (Fsp3) is 0.318. The van der Waals surface area contributed by atoms with Gasteiger partial charge in [-0.05, 0) is 30.2 Å². The summed E-state index contributed by atoms with van der Waals surface area (Å²) in [5.74, 6) is 2.47. The van der Waals surface area contributed by atoms with E-state index in [1.165, 1.54) is 5.56 Å². The van der Waals surface area contributed by atoms with Crippen molar-refractivity contribution in [2.75, 3.05) is 54.0 Å². The molecule has 0 bridgehead atoms. The number of nitrogens with zero attached hydrogens (tertiary/aromatic N) is 4. The lowest BCUT2D eigenvalue weighted by molar-refractivity contribution is 0.122. The molecule has 4 rings (SSSR count). The smallest absolute Gasteiger partial charge is 0.163 e. The average molecular weight is 423 g/mol. The average Bonchev–Trinajstić information content (AvgIpc) is 2.81. The van der Waals surface area contributed by atoms with E-state index in [1.807, 2.05) is 42.8 Å². The third kappa shape index (κ3) is 5.40. The van der Waals surface area contributed by atoms with E-state index in [1.54, 1.807) is 18.1 Å². The summed E-state index contributed by atoms with van der Waals surface area (Å²) in [7, 11) is 0. The molecule has 1 saturated heterocycles. The summed E-state index contributed by atoms with van der Waals surface area (Å²) in [5.41, 5.74) is 3.22. The van der Waals surface area contributed by atoms with E-state index in [-0.39, 0.29) is 0 Å². The minimum Gasteiger partial charge on any atom is -0.378 e. The normalized spacial score (nSPS) is 13.8. The molecule has 0 spiro atoms. The standard InChI is InChI=1S/C22H26N6OS/c1-30-27-19-6-2-5-18(14-19)22-25-20(24-9-7-17-4-3-8-23-16-17)15-21(26-22)28-10-12-29-13-11-28/h2-6,8,14-16,27H,7,9-13H2,1H3,(H,24,25,26). The van der Waals surface area contributed by atoms with Crippen molar-refractivity contribution < 1.29 is 4.74 Å². The number of hydrogen-bond acceptors (Lipinski definition) is 8. The quantitative estimate of drug-likeness (QED) is 0.532. The zero-order valence-electron chi connectivity index (χ0n) is 17.0. The Balaban J connectivity index is 1.58. The summed E-state index contributed by atoms with van der Waals surface area (Å²) in [6, 6.07) is 14.3. The molecule has 0 aliphatic carbocycles. The number of morpholine rings is 1. The van der Waals surface area contributed by atoms with Gasteiger partial charge in [0.25, 0.3) is 0 Å². The van der Waals surface area contributed by atoms with Crippen LogP contribution in [0.3, 0.4) is 0 Å². The van der Waals surface area contributed by atoms with Gasteiger partial charge in [-0.2, -0.15) is 0 Å². The predicted molar refractivity (Wildman–Crippen MR) is 124 cm³/mol. The molecule has 1 aliphatic rings. The molecule has 1 aliphatic heterocycles. The first-order valence-electron chi connectivity index (χ1n) is 10.1. The molecule has 8 heteroatoms. The lowest BCUT2D eigenvalue weighted by Crippen LogP contribution is -2.36. The van der Waals surface area contributed by atoms with Gasteiger partial charge in [0.2, 0.25) is 0 Å². The van der Waals surface area contributed by atoms with Gasteiger partial charge < -0.3 is 19.7 Å². The van der Waals surface area contributed by atoms with Crippen LogP contribution in [0, 0.1) is 0 Å². The molecule has 0 saturated carbocycles. The van der Waals surface area contributed by atoms with E-state index in [2.05, 4.69) is 32.1 Å². The minimum atomic E-state index is 0.715. The number of benzene rings is 1. The van der Waals surface area contributed by atoms with Gasteiger partial charge in [-0.25, -0.2) is 9.97 Å². The molecular formula is C22H26N6OS. The Hall–Kier alpha value is -2.84. The topological polar surface area (TPSA) is 75.2 Å². The molecule has 1 aromatic carbocycles. The van der Waals surface area contributed by atoms with Crippen LogP contribution in [-0.4, -0.2) is 54.1 Å². The second-order valence-corrected chi connectivity index (χ2v) is 7.57.